The molecule has 0 bridgehead atoms. The van der Waals surface area contributed by atoms with Crippen LogP contribution in [-0.2, 0) is 24.2 Å². The molecule has 0 unspecified atom stereocenters. The predicted octanol–water partition coefficient (Wildman–Crippen LogP) is 2.72. The van der Waals surface area contributed by atoms with Crippen LogP contribution < -0.4 is 0 Å². The van der Waals surface area contributed by atoms with Crippen LogP contribution in [0.15, 0.2) is 35.7 Å². The van der Waals surface area contributed by atoms with E-state index in [4.69, 9.17) is 0 Å². The van der Waals surface area contributed by atoms with E-state index in [1.165, 1.54) is 5.56 Å². The zero-order valence-corrected chi connectivity index (χ0v) is 15.7. The lowest BCUT2D eigenvalue weighted by Gasteiger charge is -2.34. The molecule has 0 aliphatic carbocycles. The number of benzene rings is 1. The zero-order valence-electron chi connectivity index (χ0n) is 14.9. The van der Waals surface area contributed by atoms with Gasteiger partial charge in [0.15, 0.2) is 5.82 Å². The molecule has 1 amide bonds. The summed E-state index contributed by atoms with van der Waals surface area (Å²) in [5, 5.41) is 11.5. The summed E-state index contributed by atoms with van der Waals surface area (Å²) in [6.07, 6.45) is 1.20. The average molecular weight is 367 g/mol. The Morgan fingerprint density at radius 1 is 1.23 bits per heavy atom. The van der Waals surface area contributed by atoms with Gasteiger partial charge in [-0.3, -0.25) is 4.79 Å². The standard InChI is InChI=1S/C19H21N5OS/c1-13-21-22-18-11-23(19(25)9-16-12-26-14(2)20-16)10-17(24(13)18)8-15-6-4-3-5-7-15/h3-7,12,17H,8-11H2,1-2H3/t17-/m1/s1. The number of thiazole rings is 1. The number of aromatic nitrogens is 4. The maximum absolute atomic E-state index is 12.8. The summed E-state index contributed by atoms with van der Waals surface area (Å²) in [5.41, 5.74) is 2.10. The molecule has 1 aliphatic rings. The summed E-state index contributed by atoms with van der Waals surface area (Å²) in [5.74, 6) is 1.86. The Labute approximate surface area is 156 Å². The van der Waals surface area contributed by atoms with Gasteiger partial charge in [0.25, 0.3) is 0 Å². The van der Waals surface area contributed by atoms with E-state index in [1.54, 1.807) is 11.3 Å². The van der Waals surface area contributed by atoms with Crippen LogP contribution in [0.5, 0.6) is 0 Å². The Morgan fingerprint density at radius 3 is 2.77 bits per heavy atom. The summed E-state index contributed by atoms with van der Waals surface area (Å²) < 4.78 is 2.18. The maximum Gasteiger partial charge on any atom is 0.229 e. The second kappa shape index (κ2) is 6.99. The van der Waals surface area contributed by atoms with Crippen molar-refractivity contribution >= 4 is 17.2 Å². The number of hydrogen-bond donors (Lipinski definition) is 0. The summed E-state index contributed by atoms with van der Waals surface area (Å²) in [7, 11) is 0. The van der Waals surface area contributed by atoms with Gasteiger partial charge >= 0.3 is 0 Å². The molecule has 26 heavy (non-hydrogen) atoms. The van der Waals surface area contributed by atoms with E-state index in [1.807, 2.05) is 42.3 Å². The van der Waals surface area contributed by atoms with Gasteiger partial charge in [0, 0.05) is 11.9 Å². The highest BCUT2D eigenvalue weighted by molar-refractivity contribution is 7.09. The van der Waals surface area contributed by atoms with Crippen molar-refractivity contribution in [3.63, 3.8) is 0 Å². The Kier molecular flexibility index (Phi) is 4.55. The van der Waals surface area contributed by atoms with Crippen molar-refractivity contribution in [1.82, 2.24) is 24.6 Å². The zero-order chi connectivity index (χ0) is 18.1. The van der Waals surface area contributed by atoms with Gasteiger partial charge in [-0.15, -0.1) is 21.5 Å². The maximum atomic E-state index is 12.8. The summed E-state index contributed by atoms with van der Waals surface area (Å²) >= 11 is 1.58. The highest BCUT2D eigenvalue weighted by Crippen LogP contribution is 2.25. The SMILES string of the molecule is Cc1nc(CC(=O)N2Cc3nnc(C)n3[C@H](Cc3ccccc3)C2)cs1. The molecular formula is C19H21N5OS. The number of rotatable bonds is 4. The van der Waals surface area contributed by atoms with Crippen LogP contribution in [0, 0.1) is 13.8 Å². The third kappa shape index (κ3) is 3.39. The molecule has 1 aromatic carbocycles. The van der Waals surface area contributed by atoms with Crippen molar-refractivity contribution in [2.45, 2.75) is 39.3 Å². The van der Waals surface area contributed by atoms with Crippen LogP contribution in [0.1, 0.15) is 34.0 Å². The number of carbonyl (C=O) groups is 1. The van der Waals surface area contributed by atoms with Gasteiger partial charge in [0.2, 0.25) is 5.91 Å². The van der Waals surface area contributed by atoms with Crippen LogP contribution in [0.2, 0.25) is 0 Å². The quantitative estimate of drug-likeness (QED) is 0.711. The molecular weight excluding hydrogens is 346 g/mol. The molecule has 0 saturated carbocycles. The highest BCUT2D eigenvalue weighted by atomic mass is 32.1. The van der Waals surface area contributed by atoms with Gasteiger partial charge in [0.05, 0.1) is 29.7 Å². The summed E-state index contributed by atoms with van der Waals surface area (Å²) in [6.45, 7) is 5.11. The van der Waals surface area contributed by atoms with Crippen molar-refractivity contribution in [3.8, 4) is 0 Å². The minimum Gasteiger partial charge on any atom is -0.333 e. The van der Waals surface area contributed by atoms with Crippen LogP contribution >= 0.6 is 11.3 Å². The molecule has 3 aromatic rings. The van der Waals surface area contributed by atoms with Crippen molar-refractivity contribution in [1.29, 1.82) is 0 Å². The Bertz CT molecular complexity index is 917. The number of carbonyl (C=O) groups excluding carboxylic acids is 1. The molecule has 6 nitrogen and oxygen atoms in total. The Hall–Kier alpha value is -2.54. The normalized spacial score (nSPS) is 16.5. The van der Waals surface area contributed by atoms with Crippen LogP contribution in [0.25, 0.3) is 0 Å². The third-order valence-electron chi connectivity index (χ3n) is 4.73. The molecule has 7 heteroatoms. The van der Waals surface area contributed by atoms with Gasteiger partial charge in [-0.25, -0.2) is 4.98 Å². The minimum absolute atomic E-state index is 0.0975. The fraction of sp³-hybridized carbons (Fsp3) is 0.368. The second-order valence-electron chi connectivity index (χ2n) is 6.69. The highest BCUT2D eigenvalue weighted by Gasteiger charge is 2.30. The molecule has 2 aromatic heterocycles. The van der Waals surface area contributed by atoms with Crippen LogP contribution in [-0.4, -0.2) is 37.1 Å². The smallest absolute Gasteiger partial charge is 0.229 e. The Morgan fingerprint density at radius 2 is 2.04 bits per heavy atom. The molecule has 1 aliphatic heterocycles. The second-order valence-corrected chi connectivity index (χ2v) is 7.75. The monoisotopic (exact) mass is 367 g/mol. The van der Waals surface area contributed by atoms with E-state index >= 15 is 0 Å². The van der Waals surface area contributed by atoms with Gasteiger partial charge in [-0.1, -0.05) is 30.3 Å². The van der Waals surface area contributed by atoms with E-state index in [2.05, 4.69) is 31.9 Å². The molecule has 1 atom stereocenters. The van der Waals surface area contributed by atoms with Crippen molar-refractivity contribution in [3.05, 3.63) is 63.6 Å². The lowest BCUT2D eigenvalue weighted by atomic mass is 10.0. The first-order valence-corrected chi connectivity index (χ1v) is 9.61. The molecule has 0 saturated heterocycles. The number of hydrogen-bond acceptors (Lipinski definition) is 5. The van der Waals surface area contributed by atoms with Crippen LogP contribution in [0.3, 0.4) is 0 Å². The first kappa shape index (κ1) is 16.9. The fourth-order valence-corrected chi connectivity index (χ4v) is 4.17. The number of amides is 1. The first-order chi connectivity index (χ1) is 12.6. The lowest BCUT2D eigenvalue weighted by Crippen LogP contribution is -2.42. The molecule has 0 radical (unpaired) electrons. The van der Waals surface area contributed by atoms with Gasteiger partial charge in [-0.05, 0) is 25.8 Å². The van der Waals surface area contributed by atoms with Crippen molar-refractivity contribution in [2.75, 3.05) is 6.54 Å². The lowest BCUT2D eigenvalue weighted by molar-refractivity contribution is -0.132. The van der Waals surface area contributed by atoms with Crippen molar-refractivity contribution < 1.29 is 4.79 Å². The molecule has 3 heterocycles. The molecule has 0 N–H and O–H groups in total. The van der Waals surface area contributed by atoms with E-state index in [0.29, 0.717) is 19.5 Å². The first-order valence-electron chi connectivity index (χ1n) is 8.73. The van der Waals surface area contributed by atoms with E-state index in [9.17, 15) is 4.79 Å². The minimum atomic E-state index is 0.0975. The van der Waals surface area contributed by atoms with Crippen molar-refractivity contribution in [2.24, 2.45) is 0 Å². The molecule has 4 rings (SSSR count). The summed E-state index contributed by atoms with van der Waals surface area (Å²) in [6, 6.07) is 10.5. The van der Waals surface area contributed by atoms with E-state index in [0.717, 1.165) is 28.8 Å². The number of nitrogens with zero attached hydrogens (tertiary/aromatic N) is 5. The molecule has 134 valence electrons. The van der Waals surface area contributed by atoms with E-state index < -0.39 is 0 Å². The Balaban J connectivity index is 1.56. The topological polar surface area (TPSA) is 63.9 Å². The van der Waals surface area contributed by atoms with Crippen LogP contribution in [0.4, 0.5) is 0 Å². The number of aryl methyl sites for hydroxylation is 2. The molecule has 0 spiro atoms. The summed E-state index contributed by atoms with van der Waals surface area (Å²) in [4.78, 5) is 19.1. The van der Waals surface area contributed by atoms with Gasteiger partial charge in [-0.2, -0.15) is 0 Å². The van der Waals surface area contributed by atoms with Gasteiger partial charge < -0.3 is 9.47 Å². The molecule has 0 fully saturated rings. The average Bonchev–Trinajstić information content (AvgIpc) is 3.21. The predicted molar refractivity (Wildman–Crippen MR) is 99.9 cm³/mol. The van der Waals surface area contributed by atoms with E-state index in [-0.39, 0.29) is 11.9 Å². The fourth-order valence-electron chi connectivity index (χ4n) is 3.56. The largest absolute Gasteiger partial charge is 0.333 e. The third-order valence-corrected chi connectivity index (χ3v) is 5.55. The number of fused-ring (bicyclic) bond motifs is 1. The van der Waals surface area contributed by atoms with Gasteiger partial charge in [0.1, 0.15) is 5.82 Å².